The number of H-pyrrole nitrogens is 1. The van der Waals surface area contributed by atoms with Gasteiger partial charge in [-0.25, -0.2) is 4.98 Å². The summed E-state index contributed by atoms with van der Waals surface area (Å²) in [4.78, 5) is 17.0. The highest BCUT2D eigenvalue weighted by Crippen LogP contribution is 2.28. The van der Waals surface area contributed by atoms with Crippen LogP contribution in [0.15, 0.2) is 53.7 Å². The lowest BCUT2D eigenvalue weighted by Crippen LogP contribution is -2.25. The lowest BCUT2D eigenvalue weighted by molar-refractivity contribution is 0.463. The first-order valence-electron chi connectivity index (χ1n) is 8.76. The molecule has 2 N–H and O–H groups in total. The molecule has 0 aliphatic heterocycles. The Hall–Kier alpha value is -2.89. The minimum atomic E-state index is -0.0659. The standard InChI is InChI=1S/C19H21N5O/c25-18-11-17(22-14-7-3-1-4-8-14)16(19-20-13-21-23-19)12-24(18)15-9-5-2-6-10-15/h2,5-6,9-14,22H,1,3-4,7-8H2,(H,20,21,23). The van der Waals surface area contributed by atoms with Crippen LogP contribution in [-0.4, -0.2) is 25.8 Å². The van der Waals surface area contributed by atoms with E-state index in [1.165, 1.54) is 19.3 Å². The summed E-state index contributed by atoms with van der Waals surface area (Å²) in [6.45, 7) is 0. The molecule has 0 radical (unpaired) electrons. The number of aromatic amines is 1. The maximum absolute atomic E-state index is 12.7. The molecule has 6 nitrogen and oxygen atoms in total. The highest BCUT2D eigenvalue weighted by atomic mass is 16.1. The quantitative estimate of drug-likeness (QED) is 0.766. The first kappa shape index (κ1) is 15.6. The van der Waals surface area contributed by atoms with Crippen LogP contribution in [0.1, 0.15) is 32.1 Å². The Kier molecular flexibility index (Phi) is 4.33. The van der Waals surface area contributed by atoms with Gasteiger partial charge in [0.25, 0.3) is 5.56 Å². The Labute approximate surface area is 145 Å². The maximum atomic E-state index is 12.7. The molecule has 0 bridgehead atoms. The number of rotatable bonds is 4. The fraction of sp³-hybridized carbons (Fsp3) is 0.316. The van der Waals surface area contributed by atoms with Crippen molar-refractivity contribution in [3.63, 3.8) is 0 Å². The van der Waals surface area contributed by atoms with E-state index in [-0.39, 0.29) is 5.56 Å². The van der Waals surface area contributed by atoms with Crippen molar-refractivity contribution in [2.45, 2.75) is 38.1 Å². The molecule has 2 heterocycles. The fourth-order valence-corrected chi connectivity index (χ4v) is 3.43. The number of aromatic nitrogens is 4. The maximum Gasteiger partial charge on any atom is 0.257 e. The smallest absolute Gasteiger partial charge is 0.257 e. The molecule has 128 valence electrons. The molecule has 1 aromatic carbocycles. The van der Waals surface area contributed by atoms with Crippen molar-refractivity contribution in [2.75, 3.05) is 5.32 Å². The normalized spacial score (nSPS) is 15.2. The monoisotopic (exact) mass is 335 g/mol. The Morgan fingerprint density at radius 3 is 2.64 bits per heavy atom. The number of hydrogen-bond donors (Lipinski definition) is 2. The summed E-state index contributed by atoms with van der Waals surface area (Å²) >= 11 is 0. The molecule has 1 saturated carbocycles. The van der Waals surface area contributed by atoms with Gasteiger partial charge in [0.15, 0.2) is 5.82 Å². The summed E-state index contributed by atoms with van der Waals surface area (Å²) in [6.07, 6.45) is 9.40. The minimum Gasteiger partial charge on any atom is -0.382 e. The second kappa shape index (κ2) is 6.93. The van der Waals surface area contributed by atoms with Crippen molar-refractivity contribution < 1.29 is 0 Å². The zero-order valence-electron chi connectivity index (χ0n) is 14.0. The lowest BCUT2D eigenvalue weighted by Gasteiger charge is -2.25. The predicted octanol–water partition coefficient (Wildman–Crippen LogP) is 3.37. The highest BCUT2D eigenvalue weighted by Gasteiger charge is 2.18. The number of nitrogens with one attached hydrogen (secondary N) is 2. The molecule has 0 saturated heterocycles. The van der Waals surface area contributed by atoms with Crippen LogP contribution in [0.25, 0.3) is 17.1 Å². The zero-order valence-corrected chi connectivity index (χ0v) is 14.0. The summed E-state index contributed by atoms with van der Waals surface area (Å²) in [5.74, 6) is 0.586. The van der Waals surface area contributed by atoms with E-state index in [0.717, 1.165) is 29.8 Å². The van der Waals surface area contributed by atoms with Gasteiger partial charge in [-0.2, -0.15) is 5.10 Å². The van der Waals surface area contributed by atoms with Crippen LogP contribution >= 0.6 is 0 Å². The van der Waals surface area contributed by atoms with Crippen LogP contribution in [-0.2, 0) is 0 Å². The second-order valence-corrected chi connectivity index (χ2v) is 6.45. The molecule has 4 rings (SSSR count). The predicted molar refractivity (Wildman–Crippen MR) is 97.9 cm³/mol. The van der Waals surface area contributed by atoms with Crippen molar-refractivity contribution in [2.24, 2.45) is 0 Å². The van der Waals surface area contributed by atoms with Crippen LogP contribution in [0.3, 0.4) is 0 Å². The van der Waals surface area contributed by atoms with Gasteiger partial charge in [0.05, 0.1) is 11.3 Å². The summed E-state index contributed by atoms with van der Waals surface area (Å²) in [6, 6.07) is 11.7. The third-order valence-electron chi connectivity index (χ3n) is 4.71. The van der Waals surface area contributed by atoms with Crippen molar-refractivity contribution in [3.05, 3.63) is 59.3 Å². The Morgan fingerprint density at radius 2 is 1.92 bits per heavy atom. The number of anilines is 1. The molecule has 0 unspecified atom stereocenters. The number of nitrogens with zero attached hydrogens (tertiary/aromatic N) is 3. The van der Waals surface area contributed by atoms with E-state index in [2.05, 4.69) is 20.5 Å². The number of pyridine rings is 1. The van der Waals surface area contributed by atoms with Crippen molar-refractivity contribution in [3.8, 4) is 17.1 Å². The highest BCUT2D eigenvalue weighted by molar-refractivity contribution is 5.73. The number of benzene rings is 1. The Morgan fingerprint density at radius 1 is 1.12 bits per heavy atom. The molecule has 0 spiro atoms. The van der Waals surface area contributed by atoms with Gasteiger partial charge in [0, 0.05) is 24.0 Å². The van der Waals surface area contributed by atoms with Gasteiger partial charge < -0.3 is 5.32 Å². The molecule has 1 fully saturated rings. The topological polar surface area (TPSA) is 75.6 Å². The molecule has 25 heavy (non-hydrogen) atoms. The first-order chi connectivity index (χ1) is 12.3. The van der Waals surface area contributed by atoms with E-state index in [0.29, 0.717) is 11.9 Å². The SMILES string of the molecule is O=c1cc(NC2CCCCC2)c(-c2nc[nH]n2)cn1-c1ccccc1. The fourth-order valence-electron chi connectivity index (χ4n) is 3.43. The van der Waals surface area contributed by atoms with E-state index in [1.807, 2.05) is 36.5 Å². The molecule has 2 aromatic heterocycles. The molecular formula is C19H21N5O. The minimum absolute atomic E-state index is 0.0659. The van der Waals surface area contributed by atoms with Crippen molar-refractivity contribution in [1.29, 1.82) is 0 Å². The van der Waals surface area contributed by atoms with Gasteiger partial charge >= 0.3 is 0 Å². The third kappa shape index (κ3) is 3.33. The molecule has 6 heteroatoms. The van der Waals surface area contributed by atoms with E-state index < -0.39 is 0 Å². The van der Waals surface area contributed by atoms with Crippen LogP contribution in [0, 0.1) is 0 Å². The summed E-state index contributed by atoms with van der Waals surface area (Å²) in [7, 11) is 0. The summed E-state index contributed by atoms with van der Waals surface area (Å²) < 4.78 is 1.64. The van der Waals surface area contributed by atoms with E-state index in [9.17, 15) is 4.79 Å². The molecule has 1 aliphatic carbocycles. The van der Waals surface area contributed by atoms with Crippen LogP contribution < -0.4 is 10.9 Å². The molecule has 3 aromatic rings. The molecule has 0 amide bonds. The van der Waals surface area contributed by atoms with Crippen LogP contribution in [0.2, 0.25) is 0 Å². The van der Waals surface area contributed by atoms with E-state index in [4.69, 9.17) is 0 Å². The number of hydrogen-bond acceptors (Lipinski definition) is 4. The molecular weight excluding hydrogens is 314 g/mol. The van der Waals surface area contributed by atoms with Crippen LogP contribution in [0.5, 0.6) is 0 Å². The van der Waals surface area contributed by atoms with Gasteiger partial charge in [-0.1, -0.05) is 37.5 Å². The zero-order chi connectivity index (χ0) is 17.1. The van der Waals surface area contributed by atoms with E-state index in [1.54, 1.807) is 17.0 Å². The second-order valence-electron chi connectivity index (χ2n) is 6.45. The average molecular weight is 335 g/mol. The van der Waals surface area contributed by atoms with E-state index >= 15 is 0 Å². The van der Waals surface area contributed by atoms with Gasteiger partial charge in [-0.3, -0.25) is 14.5 Å². The number of para-hydroxylation sites is 1. The van der Waals surface area contributed by atoms with Gasteiger partial charge in [0.2, 0.25) is 0 Å². The lowest BCUT2D eigenvalue weighted by atomic mass is 9.95. The average Bonchev–Trinajstić information content (AvgIpc) is 3.18. The van der Waals surface area contributed by atoms with Gasteiger partial charge in [-0.05, 0) is 25.0 Å². The molecule has 0 atom stereocenters. The Balaban J connectivity index is 1.78. The van der Waals surface area contributed by atoms with Crippen molar-refractivity contribution >= 4 is 5.69 Å². The third-order valence-corrected chi connectivity index (χ3v) is 4.71. The van der Waals surface area contributed by atoms with Gasteiger partial charge in [-0.15, -0.1) is 0 Å². The van der Waals surface area contributed by atoms with Crippen molar-refractivity contribution in [1.82, 2.24) is 19.7 Å². The largest absolute Gasteiger partial charge is 0.382 e. The Bertz CT molecular complexity index is 880. The van der Waals surface area contributed by atoms with Gasteiger partial charge in [0.1, 0.15) is 6.33 Å². The summed E-state index contributed by atoms with van der Waals surface area (Å²) in [5, 5.41) is 10.5. The van der Waals surface area contributed by atoms with Crippen LogP contribution in [0.4, 0.5) is 5.69 Å². The summed E-state index contributed by atoms with van der Waals surface area (Å²) in [5.41, 5.74) is 2.40. The first-order valence-corrected chi connectivity index (χ1v) is 8.76. The molecule has 1 aliphatic rings.